The number of nitrogens with one attached hydrogen (secondary N) is 1. The van der Waals surface area contributed by atoms with E-state index in [4.69, 9.17) is 4.74 Å². The van der Waals surface area contributed by atoms with Gasteiger partial charge in [0.2, 0.25) is 0 Å². The zero-order valence-electron chi connectivity index (χ0n) is 17.1. The van der Waals surface area contributed by atoms with Crippen LogP contribution in [0.3, 0.4) is 0 Å². The van der Waals surface area contributed by atoms with Crippen molar-refractivity contribution in [2.75, 3.05) is 45.7 Å². The molecule has 1 heterocycles. The number of rotatable bonds is 7. The van der Waals surface area contributed by atoms with Crippen molar-refractivity contribution in [3.8, 4) is 5.75 Å². The third-order valence-corrected chi connectivity index (χ3v) is 5.41. The Hall–Kier alpha value is -2.53. The van der Waals surface area contributed by atoms with E-state index in [1.54, 1.807) is 13.2 Å². The second-order valence-corrected chi connectivity index (χ2v) is 7.54. The van der Waals surface area contributed by atoms with Gasteiger partial charge in [-0.15, -0.1) is 0 Å². The Balaban J connectivity index is 1.74. The predicted octanol–water partition coefficient (Wildman–Crippen LogP) is 3.72. The number of carbonyl (C=O) groups is 1. The van der Waals surface area contributed by atoms with Gasteiger partial charge in [-0.3, -0.25) is 9.69 Å². The van der Waals surface area contributed by atoms with E-state index in [-0.39, 0.29) is 11.9 Å². The van der Waals surface area contributed by atoms with Crippen LogP contribution in [0.2, 0.25) is 0 Å². The van der Waals surface area contributed by atoms with Crippen molar-refractivity contribution < 1.29 is 9.53 Å². The summed E-state index contributed by atoms with van der Waals surface area (Å²) in [4.78, 5) is 17.3. The van der Waals surface area contributed by atoms with Gasteiger partial charge in [0.15, 0.2) is 0 Å². The van der Waals surface area contributed by atoms with Crippen molar-refractivity contribution in [2.24, 2.45) is 0 Å². The fourth-order valence-electron chi connectivity index (χ4n) is 3.74. The molecule has 3 rings (SSSR count). The molecule has 1 unspecified atom stereocenters. The van der Waals surface area contributed by atoms with Gasteiger partial charge in [-0.05, 0) is 61.8 Å². The summed E-state index contributed by atoms with van der Waals surface area (Å²) in [6, 6.07) is 16.1. The number of hydrogen-bond acceptors (Lipinski definition) is 4. The van der Waals surface area contributed by atoms with Gasteiger partial charge in [-0.1, -0.05) is 24.6 Å². The number of carbonyl (C=O) groups excluding carboxylic acids is 1. The van der Waals surface area contributed by atoms with Crippen LogP contribution in [0.15, 0.2) is 48.5 Å². The molecule has 5 nitrogen and oxygen atoms in total. The zero-order valence-corrected chi connectivity index (χ0v) is 17.1. The Morgan fingerprint density at radius 3 is 2.46 bits per heavy atom. The minimum atomic E-state index is -0.0641. The number of benzene rings is 2. The van der Waals surface area contributed by atoms with Crippen molar-refractivity contribution in [3.05, 3.63) is 59.7 Å². The summed E-state index contributed by atoms with van der Waals surface area (Å²) in [6.07, 6.45) is 3.73. The molecule has 28 heavy (non-hydrogen) atoms. The van der Waals surface area contributed by atoms with Gasteiger partial charge < -0.3 is 15.0 Å². The van der Waals surface area contributed by atoms with Crippen molar-refractivity contribution >= 4 is 11.6 Å². The van der Waals surface area contributed by atoms with Crippen molar-refractivity contribution in [3.63, 3.8) is 0 Å². The largest absolute Gasteiger partial charge is 0.497 e. The first-order valence-corrected chi connectivity index (χ1v) is 10.0. The number of hydrogen-bond donors (Lipinski definition) is 1. The van der Waals surface area contributed by atoms with Crippen LogP contribution in [-0.4, -0.2) is 51.6 Å². The topological polar surface area (TPSA) is 44.8 Å². The maximum absolute atomic E-state index is 12.7. The Morgan fingerprint density at radius 2 is 1.82 bits per heavy atom. The molecule has 0 aromatic heterocycles. The molecule has 0 saturated carbocycles. The standard InChI is InChI=1S/C23H31N3O2/c1-25(2)20-12-10-18(11-13-20)22(26-14-5-4-6-15-26)17-24-23(27)19-8-7-9-21(16-19)28-3/h7-13,16,22H,4-6,14-15,17H2,1-3H3,(H,24,27). The maximum atomic E-state index is 12.7. The fraction of sp³-hybridized carbons (Fsp3) is 0.435. The van der Waals surface area contributed by atoms with E-state index in [2.05, 4.69) is 39.4 Å². The molecule has 0 aliphatic carbocycles. The lowest BCUT2D eigenvalue weighted by atomic mass is 10.0. The molecule has 150 valence electrons. The molecule has 1 aliphatic rings. The molecule has 1 saturated heterocycles. The summed E-state index contributed by atoms with van der Waals surface area (Å²) in [5.74, 6) is 0.630. The van der Waals surface area contributed by atoms with Crippen molar-refractivity contribution in [1.82, 2.24) is 10.2 Å². The first kappa shape index (κ1) is 20.2. The number of amides is 1. The van der Waals surface area contributed by atoms with E-state index < -0.39 is 0 Å². The van der Waals surface area contributed by atoms with Crippen LogP contribution in [0, 0.1) is 0 Å². The van der Waals surface area contributed by atoms with Gasteiger partial charge in [0.1, 0.15) is 5.75 Å². The highest BCUT2D eigenvalue weighted by atomic mass is 16.5. The number of likely N-dealkylation sites (tertiary alicyclic amines) is 1. The van der Waals surface area contributed by atoms with Gasteiger partial charge in [0.05, 0.1) is 13.2 Å². The second-order valence-electron chi connectivity index (χ2n) is 7.54. The lowest BCUT2D eigenvalue weighted by Gasteiger charge is -2.35. The van der Waals surface area contributed by atoms with Crippen LogP contribution in [0.4, 0.5) is 5.69 Å². The first-order chi connectivity index (χ1) is 13.6. The van der Waals surface area contributed by atoms with E-state index in [1.165, 1.54) is 30.5 Å². The van der Waals surface area contributed by atoms with Gasteiger partial charge in [0.25, 0.3) is 5.91 Å². The summed E-state index contributed by atoms with van der Waals surface area (Å²) >= 11 is 0. The number of anilines is 1. The molecular formula is C23H31N3O2. The second kappa shape index (κ2) is 9.60. The smallest absolute Gasteiger partial charge is 0.251 e. The van der Waals surface area contributed by atoms with Gasteiger partial charge in [-0.2, -0.15) is 0 Å². The minimum Gasteiger partial charge on any atom is -0.497 e. The highest BCUT2D eigenvalue weighted by Crippen LogP contribution is 2.26. The summed E-state index contributed by atoms with van der Waals surface area (Å²) in [6.45, 7) is 2.75. The third kappa shape index (κ3) is 5.04. The molecule has 1 aliphatic heterocycles. The van der Waals surface area contributed by atoms with E-state index in [0.717, 1.165) is 13.1 Å². The summed E-state index contributed by atoms with van der Waals surface area (Å²) in [5.41, 5.74) is 3.06. The fourth-order valence-corrected chi connectivity index (χ4v) is 3.74. The maximum Gasteiger partial charge on any atom is 0.251 e. The van der Waals surface area contributed by atoms with E-state index >= 15 is 0 Å². The van der Waals surface area contributed by atoms with Gasteiger partial charge >= 0.3 is 0 Å². The predicted molar refractivity (Wildman–Crippen MR) is 114 cm³/mol. The average molecular weight is 382 g/mol. The molecule has 1 N–H and O–H groups in total. The molecule has 0 spiro atoms. The van der Waals surface area contributed by atoms with Gasteiger partial charge in [0, 0.05) is 31.9 Å². The Labute approximate surface area is 168 Å². The molecule has 2 aromatic rings. The number of ether oxygens (including phenoxy) is 1. The summed E-state index contributed by atoms with van der Waals surface area (Å²) < 4.78 is 5.23. The van der Waals surface area contributed by atoms with Crippen LogP contribution < -0.4 is 15.0 Å². The minimum absolute atomic E-state index is 0.0641. The Bertz CT molecular complexity index is 768. The van der Waals surface area contributed by atoms with E-state index in [1.807, 2.05) is 32.3 Å². The highest BCUT2D eigenvalue weighted by Gasteiger charge is 2.23. The number of nitrogens with zero attached hydrogens (tertiary/aromatic N) is 2. The van der Waals surface area contributed by atoms with E-state index in [9.17, 15) is 4.79 Å². The van der Waals surface area contributed by atoms with Crippen molar-refractivity contribution in [2.45, 2.75) is 25.3 Å². The van der Waals surface area contributed by atoms with Gasteiger partial charge in [-0.25, -0.2) is 0 Å². The zero-order chi connectivity index (χ0) is 19.9. The van der Waals surface area contributed by atoms with Crippen LogP contribution in [-0.2, 0) is 0 Å². The lowest BCUT2D eigenvalue weighted by molar-refractivity contribution is 0.0924. The molecule has 1 fully saturated rings. The summed E-state index contributed by atoms with van der Waals surface area (Å²) in [7, 11) is 5.71. The average Bonchev–Trinajstić information content (AvgIpc) is 2.75. The molecule has 2 aromatic carbocycles. The Morgan fingerprint density at radius 1 is 1.11 bits per heavy atom. The molecule has 1 atom stereocenters. The number of methoxy groups -OCH3 is 1. The normalized spacial score (nSPS) is 15.7. The van der Waals surface area contributed by atoms with Crippen LogP contribution in [0.5, 0.6) is 5.75 Å². The lowest BCUT2D eigenvalue weighted by Crippen LogP contribution is -2.40. The summed E-state index contributed by atoms with van der Waals surface area (Å²) in [5, 5.41) is 3.14. The molecular weight excluding hydrogens is 350 g/mol. The van der Waals surface area contributed by atoms with Crippen LogP contribution in [0.25, 0.3) is 0 Å². The SMILES string of the molecule is COc1cccc(C(=O)NCC(c2ccc(N(C)C)cc2)N2CCCCC2)c1. The van der Waals surface area contributed by atoms with Crippen molar-refractivity contribution in [1.29, 1.82) is 0 Å². The monoisotopic (exact) mass is 381 g/mol. The third-order valence-electron chi connectivity index (χ3n) is 5.41. The van der Waals surface area contributed by atoms with Crippen LogP contribution >= 0.6 is 0 Å². The quantitative estimate of drug-likeness (QED) is 0.794. The van der Waals surface area contributed by atoms with E-state index in [0.29, 0.717) is 17.9 Å². The highest BCUT2D eigenvalue weighted by molar-refractivity contribution is 5.94. The first-order valence-electron chi connectivity index (χ1n) is 10.0. The molecule has 0 bridgehead atoms. The molecule has 1 amide bonds. The number of piperidine rings is 1. The Kier molecular flexibility index (Phi) is 6.93. The van der Waals surface area contributed by atoms with Crippen LogP contribution in [0.1, 0.15) is 41.2 Å². The molecule has 0 radical (unpaired) electrons. The molecule has 5 heteroatoms.